The number of carbonyl (C=O) groups excluding carboxylic acids is 1. The van der Waals surface area contributed by atoms with E-state index in [0.717, 1.165) is 29.0 Å². The highest BCUT2D eigenvalue weighted by Crippen LogP contribution is 2.29. The Hall–Kier alpha value is -3.03. The predicted molar refractivity (Wildman–Crippen MR) is 108 cm³/mol. The maximum absolute atomic E-state index is 12.8. The summed E-state index contributed by atoms with van der Waals surface area (Å²) < 4.78 is 38.3. The Morgan fingerprint density at radius 2 is 1.90 bits per heavy atom. The minimum atomic E-state index is -4.39. The quantitative estimate of drug-likeness (QED) is 0.736. The van der Waals surface area contributed by atoms with Gasteiger partial charge < -0.3 is 15.1 Å². The molecule has 0 fully saturated rings. The third-order valence-corrected chi connectivity index (χ3v) is 4.88. The van der Waals surface area contributed by atoms with Gasteiger partial charge in [-0.3, -0.25) is 0 Å². The van der Waals surface area contributed by atoms with E-state index in [9.17, 15) is 18.0 Å². The normalized spacial score (nSPS) is 16.0. The summed E-state index contributed by atoms with van der Waals surface area (Å²) in [6, 6.07) is 12.4. The number of hydrogen-bond acceptors (Lipinski definition) is 3. The van der Waals surface area contributed by atoms with Crippen molar-refractivity contribution in [1.29, 1.82) is 0 Å². The summed E-state index contributed by atoms with van der Waals surface area (Å²) in [5, 5.41) is 6.93. The van der Waals surface area contributed by atoms with E-state index in [1.807, 2.05) is 31.2 Å². The Morgan fingerprint density at radius 1 is 1.20 bits per heavy atom. The molecule has 1 aliphatic heterocycles. The van der Waals surface area contributed by atoms with E-state index >= 15 is 0 Å². The molecule has 1 N–H and O–H groups in total. The lowest BCUT2D eigenvalue weighted by Gasteiger charge is -2.25. The molecule has 2 amide bonds. The number of aryl methyl sites for hydroxylation is 1. The van der Waals surface area contributed by atoms with E-state index < -0.39 is 11.7 Å². The molecule has 2 aromatic carbocycles. The SMILES string of the molecule is CCNC(=O)N(Cc1ccc(C(F)(F)F)cc1)C[C@H]1CC(c2ccccc2C)=NO1. The van der Waals surface area contributed by atoms with Gasteiger partial charge in [0.25, 0.3) is 0 Å². The number of benzene rings is 2. The molecule has 2 aromatic rings. The molecule has 0 radical (unpaired) electrons. The predicted octanol–water partition coefficient (Wildman–Crippen LogP) is 4.74. The van der Waals surface area contributed by atoms with E-state index in [1.54, 1.807) is 6.92 Å². The van der Waals surface area contributed by atoms with Crippen LogP contribution in [0.3, 0.4) is 0 Å². The lowest BCUT2D eigenvalue weighted by atomic mass is 10.0. The fourth-order valence-corrected chi connectivity index (χ4v) is 3.33. The van der Waals surface area contributed by atoms with Gasteiger partial charge in [-0.2, -0.15) is 13.2 Å². The van der Waals surface area contributed by atoms with Crippen molar-refractivity contribution in [2.24, 2.45) is 5.16 Å². The van der Waals surface area contributed by atoms with Crippen molar-refractivity contribution >= 4 is 11.7 Å². The van der Waals surface area contributed by atoms with Crippen LogP contribution in [0.25, 0.3) is 0 Å². The molecular weight excluding hydrogens is 395 g/mol. The fraction of sp³-hybridized carbons (Fsp3) is 0.364. The van der Waals surface area contributed by atoms with Crippen LogP contribution < -0.4 is 5.32 Å². The Morgan fingerprint density at radius 3 is 2.53 bits per heavy atom. The van der Waals surface area contributed by atoms with Gasteiger partial charge in [0, 0.05) is 25.1 Å². The van der Waals surface area contributed by atoms with Crippen LogP contribution >= 0.6 is 0 Å². The summed E-state index contributed by atoms with van der Waals surface area (Å²) in [6.45, 7) is 4.69. The molecule has 0 bridgehead atoms. The number of halogens is 3. The largest absolute Gasteiger partial charge is 0.416 e. The van der Waals surface area contributed by atoms with Crippen LogP contribution in [0, 0.1) is 6.92 Å². The standard InChI is InChI=1S/C22H24F3N3O2/c1-3-26-21(29)28(13-16-8-10-17(11-9-16)22(23,24)25)14-18-12-20(27-30-18)19-7-5-4-6-15(19)2/h4-11,18H,3,12-14H2,1-2H3,(H,26,29)/t18-/m1/s1. The smallest absolute Gasteiger partial charge is 0.390 e. The van der Waals surface area contributed by atoms with Crippen LogP contribution in [0.4, 0.5) is 18.0 Å². The molecular formula is C22H24F3N3O2. The van der Waals surface area contributed by atoms with Crippen molar-refractivity contribution in [2.45, 2.75) is 39.1 Å². The number of nitrogens with one attached hydrogen (secondary N) is 1. The minimum absolute atomic E-state index is 0.170. The first-order valence-electron chi connectivity index (χ1n) is 9.75. The van der Waals surface area contributed by atoms with Crippen molar-refractivity contribution in [3.05, 3.63) is 70.8 Å². The molecule has 5 nitrogen and oxygen atoms in total. The fourth-order valence-electron chi connectivity index (χ4n) is 3.33. The number of amides is 2. The van der Waals surface area contributed by atoms with Gasteiger partial charge >= 0.3 is 12.2 Å². The van der Waals surface area contributed by atoms with E-state index in [-0.39, 0.29) is 25.2 Å². The van der Waals surface area contributed by atoms with Gasteiger partial charge in [-0.25, -0.2) is 4.79 Å². The third kappa shape index (κ3) is 5.31. The molecule has 0 saturated carbocycles. The Bertz CT molecular complexity index is 911. The number of hydrogen-bond donors (Lipinski definition) is 1. The van der Waals surface area contributed by atoms with Crippen LogP contribution in [0.2, 0.25) is 0 Å². The molecule has 1 aliphatic rings. The molecule has 0 aromatic heterocycles. The van der Waals surface area contributed by atoms with Crippen LogP contribution in [0.1, 0.15) is 35.6 Å². The molecule has 3 rings (SSSR count). The maximum Gasteiger partial charge on any atom is 0.416 e. The van der Waals surface area contributed by atoms with Crippen molar-refractivity contribution in [3.63, 3.8) is 0 Å². The van der Waals surface area contributed by atoms with Gasteiger partial charge in [0.2, 0.25) is 0 Å². The lowest BCUT2D eigenvalue weighted by Crippen LogP contribution is -2.43. The number of oxime groups is 1. The topological polar surface area (TPSA) is 53.9 Å². The maximum atomic E-state index is 12.8. The Balaban J connectivity index is 1.68. The molecule has 0 spiro atoms. The van der Waals surface area contributed by atoms with Crippen LogP contribution in [0.15, 0.2) is 53.7 Å². The highest BCUT2D eigenvalue weighted by molar-refractivity contribution is 6.02. The number of rotatable bonds is 6. The highest BCUT2D eigenvalue weighted by Gasteiger charge is 2.30. The highest BCUT2D eigenvalue weighted by atomic mass is 19.4. The van der Waals surface area contributed by atoms with Crippen molar-refractivity contribution in [3.8, 4) is 0 Å². The van der Waals surface area contributed by atoms with Crippen LogP contribution in [0.5, 0.6) is 0 Å². The monoisotopic (exact) mass is 419 g/mol. The number of urea groups is 1. The number of alkyl halides is 3. The summed E-state index contributed by atoms with van der Waals surface area (Å²) in [6.07, 6.45) is -4.16. The Labute approximate surface area is 173 Å². The van der Waals surface area contributed by atoms with Gasteiger partial charge in [-0.1, -0.05) is 41.6 Å². The van der Waals surface area contributed by atoms with Gasteiger partial charge in [-0.15, -0.1) is 0 Å². The van der Waals surface area contributed by atoms with Crippen molar-refractivity contribution in [1.82, 2.24) is 10.2 Å². The first-order chi connectivity index (χ1) is 14.3. The summed E-state index contributed by atoms with van der Waals surface area (Å²) in [5.41, 5.74) is 2.81. The average molecular weight is 419 g/mol. The first-order valence-corrected chi connectivity index (χ1v) is 9.75. The first kappa shape index (κ1) is 21.7. The molecule has 1 heterocycles. The van der Waals surface area contributed by atoms with Gasteiger partial charge in [0.15, 0.2) is 6.10 Å². The van der Waals surface area contributed by atoms with E-state index in [2.05, 4.69) is 10.5 Å². The lowest BCUT2D eigenvalue weighted by molar-refractivity contribution is -0.137. The van der Waals surface area contributed by atoms with Gasteiger partial charge in [-0.05, 0) is 37.1 Å². The van der Waals surface area contributed by atoms with E-state index in [4.69, 9.17) is 4.84 Å². The molecule has 1 atom stereocenters. The molecule has 0 aliphatic carbocycles. The third-order valence-electron chi connectivity index (χ3n) is 4.88. The average Bonchev–Trinajstić information content (AvgIpc) is 3.16. The number of carbonyl (C=O) groups is 1. The summed E-state index contributed by atoms with van der Waals surface area (Å²) in [4.78, 5) is 19.6. The van der Waals surface area contributed by atoms with Crippen molar-refractivity contribution < 1.29 is 22.8 Å². The van der Waals surface area contributed by atoms with Crippen LogP contribution in [-0.2, 0) is 17.6 Å². The van der Waals surface area contributed by atoms with Gasteiger partial charge in [0.1, 0.15) is 0 Å². The summed E-state index contributed by atoms with van der Waals surface area (Å²) in [5.74, 6) is 0. The zero-order valence-electron chi connectivity index (χ0n) is 16.9. The number of nitrogens with zero attached hydrogens (tertiary/aromatic N) is 2. The molecule has 0 unspecified atom stereocenters. The molecule has 160 valence electrons. The van der Waals surface area contributed by atoms with E-state index in [0.29, 0.717) is 18.5 Å². The second kappa shape index (κ2) is 9.19. The molecule has 30 heavy (non-hydrogen) atoms. The second-order valence-corrected chi connectivity index (χ2v) is 7.20. The molecule has 0 saturated heterocycles. The van der Waals surface area contributed by atoms with Crippen LogP contribution in [-0.4, -0.2) is 35.8 Å². The summed E-state index contributed by atoms with van der Waals surface area (Å²) >= 11 is 0. The van der Waals surface area contributed by atoms with E-state index in [1.165, 1.54) is 17.0 Å². The zero-order chi connectivity index (χ0) is 21.7. The minimum Gasteiger partial charge on any atom is -0.390 e. The zero-order valence-corrected chi connectivity index (χ0v) is 16.9. The van der Waals surface area contributed by atoms with Gasteiger partial charge in [0.05, 0.1) is 17.8 Å². The van der Waals surface area contributed by atoms with Crippen molar-refractivity contribution in [2.75, 3.05) is 13.1 Å². The summed E-state index contributed by atoms with van der Waals surface area (Å²) in [7, 11) is 0. The Kier molecular flexibility index (Phi) is 6.64. The second-order valence-electron chi connectivity index (χ2n) is 7.20. The molecule has 8 heteroatoms.